The minimum absolute atomic E-state index is 0.0625. The molecule has 2 rings (SSSR count). The average Bonchev–Trinajstić information content (AvgIpc) is 2.86. The highest BCUT2D eigenvalue weighted by Crippen LogP contribution is 2.15. The van der Waals surface area contributed by atoms with Crippen LogP contribution in [0.4, 0.5) is 0 Å². The number of fused-ring (bicyclic) bond motifs is 1. The molecule has 1 unspecified atom stereocenters. The van der Waals surface area contributed by atoms with E-state index in [2.05, 4.69) is 53.8 Å². The fourth-order valence-electron chi connectivity index (χ4n) is 2.68. The molecule has 116 valence electrons. The summed E-state index contributed by atoms with van der Waals surface area (Å²) in [6, 6.07) is 8.73. The molecular formula is C17H27N3O. The molecule has 0 saturated carbocycles. The van der Waals surface area contributed by atoms with Crippen LogP contribution in [-0.2, 0) is 11.3 Å². The number of methoxy groups -OCH3 is 1. The fourth-order valence-corrected chi connectivity index (χ4v) is 2.68. The van der Waals surface area contributed by atoms with Crippen LogP contribution in [0.5, 0.6) is 0 Å². The molecule has 0 amide bonds. The smallest absolute Gasteiger partial charge is 0.0958 e. The molecule has 1 aromatic heterocycles. The molecule has 0 radical (unpaired) electrons. The highest BCUT2D eigenvalue weighted by molar-refractivity contribution is 5.74. The zero-order valence-corrected chi connectivity index (χ0v) is 13.6. The van der Waals surface area contributed by atoms with Gasteiger partial charge < -0.3 is 14.6 Å². The summed E-state index contributed by atoms with van der Waals surface area (Å²) in [6.07, 6.45) is 4.04. The van der Waals surface area contributed by atoms with Crippen molar-refractivity contribution in [3.05, 3.63) is 30.6 Å². The van der Waals surface area contributed by atoms with E-state index in [9.17, 15) is 0 Å². The molecule has 0 aliphatic rings. The first kappa shape index (κ1) is 16.0. The zero-order chi connectivity index (χ0) is 15.3. The summed E-state index contributed by atoms with van der Waals surface area (Å²) in [6.45, 7) is 8.47. The number of rotatable bonds is 8. The molecule has 0 spiro atoms. The Morgan fingerprint density at radius 3 is 2.86 bits per heavy atom. The Morgan fingerprint density at radius 1 is 1.33 bits per heavy atom. The quantitative estimate of drug-likeness (QED) is 0.758. The number of aromatic nitrogens is 2. The second-order valence-electron chi connectivity index (χ2n) is 6.30. The maximum atomic E-state index is 5.47. The highest BCUT2D eigenvalue weighted by atomic mass is 16.5. The van der Waals surface area contributed by atoms with Crippen molar-refractivity contribution in [3.8, 4) is 0 Å². The monoisotopic (exact) mass is 289 g/mol. The van der Waals surface area contributed by atoms with Gasteiger partial charge in [0.15, 0.2) is 0 Å². The first-order valence-electron chi connectivity index (χ1n) is 7.70. The maximum Gasteiger partial charge on any atom is 0.0958 e. The highest BCUT2D eigenvalue weighted by Gasteiger charge is 2.19. The van der Waals surface area contributed by atoms with E-state index in [1.165, 1.54) is 5.52 Å². The van der Waals surface area contributed by atoms with Crippen LogP contribution < -0.4 is 5.32 Å². The maximum absolute atomic E-state index is 5.47. The third kappa shape index (κ3) is 4.55. The Labute approximate surface area is 127 Å². The summed E-state index contributed by atoms with van der Waals surface area (Å²) in [5.41, 5.74) is 2.22. The number of benzene rings is 1. The third-order valence-corrected chi connectivity index (χ3v) is 3.95. The molecule has 0 bridgehead atoms. The van der Waals surface area contributed by atoms with Gasteiger partial charge in [-0.3, -0.25) is 0 Å². The molecule has 1 heterocycles. The van der Waals surface area contributed by atoms with Crippen molar-refractivity contribution in [2.75, 3.05) is 13.7 Å². The van der Waals surface area contributed by atoms with E-state index in [1.807, 2.05) is 12.4 Å². The van der Waals surface area contributed by atoms with Gasteiger partial charge in [-0.25, -0.2) is 4.98 Å². The third-order valence-electron chi connectivity index (χ3n) is 3.95. The van der Waals surface area contributed by atoms with Crippen LogP contribution >= 0.6 is 0 Å². The Hall–Kier alpha value is -1.39. The van der Waals surface area contributed by atoms with E-state index in [0.717, 1.165) is 31.4 Å². The van der Waals surface area contributed by atoms with Gasteiger partial charge in [-0.15, -0.1) is 0 Å². The van der Waals surface area contributed by atoms with E-state index in [4.69, 9.17) is 4.74 Å². The second-order valence-corrected chi connectivity index (χ2v) is 6.30. The molecule has 0 aliphatic carbocycles. The van der Waals surface area contributed by atoms with Gasteiger partial charge in [-0.2, -0.15) is 0 Å². The lowest BCUT2D eigenvalue weighted by atomic mass is 10.00. The minimum Gasteiger partial charge on any atom is -0.379 e. The largest absolute Gasteiger partial charge is 0.379 e. The van der Waals surface area contributed by atoms with Crippen LogP contribution in [0.1, 0.15) is 33.6 Å². The Bertz CT molecular complexity index is 562. The van der Waals surface area contributed by atoms with E-state index < -0.39 is 0 Å². The number of hydrogen-bond acceptors (Lipinski definition) is 3. The summed E-state index contributed by atoms with van der Waals surface area (Å²) in [5, 5.41) is 3.57. The average molecular weight is 289 g/mol. The molecule has 1 atom stereocenters. The Balaban J connectivity index is 1.75. The predicted octanol–water partition coefficient (Wildman–Crippen LogP) is 3.22. The van der Waals surface area contributed by atoms with Gasteiger partial charge >= 0.3 is 0 Å². The molecule has 0 aliphatic heterocycles. The topological polar surface area (TPSA) is 39.1 Å². The number of nitrogens with zero attached hydrogens (tertiary/aromatic N) is 2. The van der Waals surface area contributed by atoms with Crippen LogP contribution in [0.3, 0.4) is 0 Å². The molecular weight excluding hydrogens is 262 g/mol. The van der Waals surface area contributed by atoms with E-state index in [-0.39, 0.29) is 5.60 Å². The summed E-state index contributed by atoms with van der Waals surface area (Å²) < 4.78 is 7.69. The number of ether oxygens (including phenoxy) is 1. The molecule has 4 nitrogen and oxygen atoms in total. The predicted molar refractivity (Wildman–Crippen MR) is 87.5 cm³/mol. The van der Waals surface area contributed by atoms with Crippen LogP contribution in [0.15, 0.2) is 30.6 Å². The van der Waals surface area contributed by atoms with Crippen molar-refractivity contribution in [1.29, 1.82) is 0 Å². The summed E-state index contributed by atoms with van der Waals surface area (Å²) in [4.78, 5) is 4.42. The summed E-state index contributed by atoms with van der Waals surface area (Å²) in [7, 11) is 1.77. The van der Waals surface area contributed by atoms with Crippen molar-refractivity contribution in [2.24, 2.45) is 0 Å². The molecule has 4 heteroatoms. The van der Waals surface area contributed by atoms with Crippen molar-refractivity contribution in [1.82, 2.24) is 14.9 Å². The van der Waals surface area contributed by atoms with E-state index in [0.29, 0.717) is 6.04 Å². The van der Waals surface area contributed by atoms with Gasteiger partial charge in [0.1, 0.15) is 0 Å². The number of aryl methyl sites for hydroxylation is 1. The number of nitrogens with one attached hydrogen (secondary N) is 1. The van der Waals surface area contributed by atoms with E-state index in [1.54, 1.807) is 7.11 Å². The summed E-state index contributed by atoms with van der Waals surface area (Å²) in [5.74, 6) is 0. The van der Waals surface area contributed by atoms with Gasteiger partial charge in [0.2, 0.25) is 0 Å². The van der Waals surface area contributed by atoms with Crippen LogP contribution in [0, 0.1) is 0 Å². The number of para-hydroxylation sites is 2. The lowest BCUT2D eigenvalue weighted by Gasteiger charge is -2.27. The van der Waals surface area contributed by atoms with Crippen molar-refractivity contribution in [2.45, 2.75) is 51.8 Å². The van der Waals surface area contributed by atoms with Crippen molar-refractivity contribution in [3.63, 3.8) is 0 Å². The number of imidazole rings is 1. The fraction of sp³-hybridized carbons (Fsp3) is 0.588. The van der Waals surface area contributed by atoms with Crippen molar-refractivity contribution < 1.29 is 4.74 Å². The molecule has 1 N–H and O–H groups in total. The molecule has 0 saturated heterocycles. The van der Waals surface area contributed by atoms with Gasteiger partial charge in [-0.1, -0.05) is 12.1 Å². The first-order chi connectivity index (χ1) is 10.0. The summed E-state index contributed by atoms with van der Waals surface area (Å²) >= 11 is 0. The molecule has 0 fully saturated rings. The first-order valence-corrected chi connectivity index (χ1v) is 7.70. The zero-order valence-electron chi connectivity index (χ0n) is 13.6. The lowest BCUT2D eigenvalue weighted by molar-refractivity contribution is 0.00859. The van der Waals surface area contributed by atoms with Crippen LogP contribution in [0.25, 0.3) is 11.0 Å². The normalized spacial score (nSPS) is 13.7. The molecule has 2 aromatic rings. The van der Waals surface area contributed by atoms with Gasteiger partial charge in [-0.05, 0) is 52.3 Å². The SMILES string of the molecule is COC(C)(C)CC(C)NCCCn1cnc2ccccc21. The number of hydrogen-bond donors (Lipinski definition) is 1. The molecule has 21 heavy (non-hydrogen) atoms. The Kier molecular flexibility index (Phi) is 5.37. The van der Waals surface area contributed by atoms with Crippen LogP contribution in [0.2, 0.25) is 0 Å². The van der Waals surface area contributed by atoms with Gasteiger partial charge in [0.05, 0.1) is 23.0 Å². The molecule has 1 aromatic carbocycles. The minimum atomic E-state index is -0.0625. The van der Waals surface area contributed by atoms with Gasteiger partial charge in [0.25, 0.3) is 0 Å². The lowest BCUT2D eigenvalue weighted by Crippen LogP contribution is -2.36. The standard InChI is InChI=1S/C17H27N3O/c1-14(12-17(2,3)21-4)18-10-7-11-20-13-19-15-8-5-6-9-16(15)20/h5-6,8-9,13-14,18H,7,10-12H2,1-4H3. The Morgan fingerprint density at radius 2 is 2.10 bits per heavy atom. The van der Waals surface area contributed by atoms with Crippen LogP contribution in [-0.4, -0.2) is 34.8 Å². The van der Waals surface area contributed by atoms with E-state index >= 15 is 0 Å². The van der Waals surface area contributed by atoms with Gasteiger partial charge in [0, 0.05) is 19.7 Å². The van der Waals surface area contributed by atoms with Crippen molar-refractivity contribution >= 4 is 11.0 Å². The second kappa shape index (κ2) is 7.05.